The molecular weight excluding hydrogens is 300 g/mol. The highest BCUT2D eigenvalue weighted by atomic mass is 79.9. The maximum absolute atomic E-state index is 5.60. The molecule has 1 heterocycles. The van der Waals surface area contributed by atoms with Gasteiger partial charge in [-0.05, 0) is 40.5 Å². The largest absolute Gasteiger partial charge is 0.389 e. The molecule has 1 unspecified atom stereocenters. The topological polar surface area (TPSA) is 47.3 Å². The van der Waals surface area contributed by atoms with E-state index in [4.69, 9.17) is 22.7 Å². The van der Waals surface area contributed by atoms with E-state index in [2.05, 4.69) is 21.2 Å². The van der Waals surface area contributed by atoms with Gasteiger partial charge in [0.25, 0.3) is 0 Å². The van der Waals surface area contributed by atoms with Crippen molar-refractivity contribution in [3.8, 4) is 0 Å². The van der Waals surface area contributed by atoms with Gasteiger partial charge in [0.2, 0.25) is 0 Å². The third-order valence-electron chi connectivity index (χ3n) is 2.85. The molecular formula is C12H15BrN2OS. The summed E-state index contributed by atoms with van der Waals surface area (Å²) in [5, 5.41) is 3.40. The number of hydrogen-bond donors (Lipinski definition) is 2. The van der Waals surface area contributed by atoms with Crippen molar-refractivity contribution in [2.45, 2.75) is 6.42 Å². The van der Waals surface area contributed by atoms with E-state index in [1.807, 2.05) is 18.2 Å². The van der Waals surface area contributed by atoms with Gasteiger partial charge in [-0.3, -0.25) is 0 Å². The van der Waals surface area contributed by atoms with Crippen LogP contribution in [0, 0.1) is 5.92 Å². The molecule has 0 spiro atoms. The van der Waals surface area contributed by atoms with Crippen LogP contribution in [-0.2, 0) is 4.74 Å². The minimum Gasteiger partial charge on any atom is -0.389 e. The van der Waals surface area contributed by atoms with Gasteiger partial charge in [0.05, 0.1) is 6.61 Å². The molecule has 0 bridgehead atoms. The number of thiocarbonyl (C=S) groups is 1. The summed E-state index contributed by atoms with van der Waals surface area (Å²) in [4.78, 5) is 0.410. The fourth-order valence-electron chi connectivity index (χ4n) is 1.83. The Morgan fingerprint density at radius 1 is 1.59 bits per heavy atom. The molecule has 1 fully saturated rings. The van der Waals surface area contributed by atoms with Gasteiger partial charge in [-0.15, -0.1) is 0 Å². The number of anilines is 1. The van der Waals surface area contributed by atoms with Crippen LogP contribution in [-0.4, -0.2) is 24.7 Å². The van der Waals surface area contributed by atoms with Crippen molar-refractivity contribution in [1.29, 1.82) is 0 Å². The van der Waals surface area contributed by atoms with E-state index < -0.39 is 0 Å². The fourth-order valence-corrected chi connectivity index (χ4v) is 2.73. The molecule has 92 valence electrons. The summed E-state index contributed by atoms with van der Waals surface area (Å²) in [6.07, 6.45) is 1.14. The lowest BCUT2D eigenvalue weighted by atomic mass is 10.1. The zero-order valence-corrected chi connectivity index (χ0v) is 11.8. The fraction of sp³-hybridized carbons (Fsp3) is 0.417. The first-order chi connectivity index (χ1) is 8.16. The SMILES string of the molecule is NC(=S)c1ccc(NCC2CCOC2)cc1Br. The molecule has 0 aliphatic carbocycles. The van der Waals surface area contributed by atoms with Crippen LogP contribution in [0.5, 0.6) is 0 Å². The summed E-state index contributed by atoms with van der Waals surface area (Å²) in [5.74, 6) is 0.615. The third kappa shape index (κ3) is 3.40. The monoisotopic (exact) mass is 314 g/mol. The standard InChI is InChI=1S/C12H15BrN2OS/c13-11-5-9(1-2-10(11)12(14)17)15-6-8-3-4-16-7-8/h1-2,5,8,15H,3-4,6-7H2,(H2,14,17). The number of hydrogen-bond acceptors (Lipinski definition) is 3. The van der Waals surface area contributed by atoms with Gasteiger partial charge in [0.1, 0.15) is 4.99 Å². The summed E-state index contributed by atoms with van der Waals surface area (Å²) < 4.78 is 6.27. The predicted molar refractivity (Wildman–Crippen MR) is 77.4 cm³/mol. The molecule has 17 heavy (non-hydrogen) atoms. The molecule has 3 nitrogen and oxygen atoms in total. The van der Waals surface area contributed by atoms with Gasteiger partial charge in [-0.2, -0.15) is 0 Å². The second kappa shape index (κ2) is 5.80. The van der Waals surface area contributed by atoms with Crippen LogP contribution in [0.25, 0.3) is 0 Å². The molecule has 2 rings (SSSR count). The Balaban J connectivity index is 1.97. The summed E-state index contributed by atoms with van der Waals surface area (Å²) in [6, 6.07) is 5.93. The van der Waals surface area contributed by atoms with Crippen LogP contribution >= 0.6 is 28.1 Å². The van der Waals surface area contributed by atoms with E-state index in [9.17, 15) is 0 Å². The van der Waals surface area contributed by atoms with E-state index in [0.29, 0.717) is 10.9 Å². The summed E-state index contributed by atoms with van der Waals surface area (Å²) >= 11 is 8.42. The molecule has 0 amide bonds. The summed E-state index contributed by atoms with van der Waals surface area (Å²) in [5.41, 5.74) is 7.55. The highest BCUT2D eigenvalue weighted by molar-refractivity contribution is 9.10. The maximum atomic E-state index is 5.60. The second-order valence-electron chi connectivity index (χ2n) is 4.17. The molecule has 0 saturated carbocycles. The normalized spacial score (nSPS) is 19.2. The van der Waals surface area contributed by atoms with Crippen molar-refractivity contribution in [2.24, 2.45) is 11.7 Å². The number of nitrogens with one attached hydrogen (secondary N) is 1. The van der Waals surface area contributed by atoms with E-state index in [1.165, 1.54) is 0 Å². The van der Waals surface area contributed by atoms with Crippen LogP contribution < -0.4 is 11.1 Å². The highest BCUT2D eigenvalue weighted by Crippen LogP contribution is 2.22. The number of benzene rings is 1. The lowest BCUT2D eigenvalue weighted by Crippen LogP contribution is -2.14. The zero-order chi connectivity index (χ0) is 12.3. The minimum absolute atomic E-state index is 0.410. The Kier molecular flexibility index (Phi) is 4.36. The molecule has 3 N–H and O–H groups in total. The molecule has 0 radical (unpaired) electrons. The average molecular weight is 315 g/mol. The Bertz CT molecular complexity index is 419. The number of halogens is 1. The zero-order valence-electron chi connectivity index (χ0n) is 9.41. The van der Waals surface area contributed by atoms with E-state index in [0.717, 1.165) is 41.9 Å². The van der Waals surface area contributed by atoms with Crippen molar-refractivity contribution in [3.63, 3.8) is 0 Å². The van der Waals surface area contributed by atoms with Crippen LogP contribution in [0.1, 0.15) is 12.0 Å². The molecule has 5 heteroatoms. The Morgan fingerprint density at radius 3 is 3.00 bits per heavy atom. The lowest BCUT2D eigenvalue weighted by Gasteiger charge is -2.12. The Morgan fingerprint density at radius 2 is 2.41 bits per heavy atom. The van der Waals surface area contributed by atoms with Crippen LogP contribution in [0.3, 0.4) is 0 Å². The molecule has 1 saturated heterocycles. The maximum Gasteiger partial charge on any atom is 0.105 e. The van der Waals surface area contributed by atoms with Crippen LogP contribution in [0.15, 0.2) is 22.7 Å². The second-order valence-corrected chi connectivity index (χ2v) is 5.46. The molecule has 1 aromatic carbocycles. The first-order valence-electron chi connectivity index (χ1n) is 5.58. The summed E-state index contributed by atoms with van der Waals surface area (Å²) in [6.45, 7) is 2.69. The first kappa shape index (κ1) is 12.8. The van der Waals surface area contributed by atoms with E-state index >= 15 is 0 Å². The van der Waals surface area contributed by atoms with Crippen molar-refractivity contribution in [2.75, 3.05) is 25.1 Å². The van der Waals surface area contributed by atoms with Crippen LogP contribution in [0.2, 0.25) is 0 Å². The van der Waals surface area contributed by atoms with Crippen molar-refractivity contribution in [1.82, 2.24) is 0 Å². The third-order valence-corrected chi connectivity index (χ3v) is 3.73. The van der Waals surface area contributed by atoms with E-state index in [1.54, 1.807) is 0 Å². The molecule has 1 atom stereocenters. The quantitative estimate of drug-likeness (QED) is 0.838. The number of nitrogens with two attached hydrogens (primary N) is 1. The Hall–Kier alpha value is -0.650. The van der Waals surface area contributed by atoms with Crippen molar-refractivity contribution in [3.05, 3.63) is 28.2 Å². The predicted octanol–water partition coefficient (Wildman–Crippen LogP) is 2.53. The number of ether oxygens (including phenoxy) is 1. The highest BCUT2D eigenvalue weighted by Gasteiger charge is 2.15. The van der Waals surface area contributed by atoms with Crippen molar-refractivity contribution < 1.29 is 4.74 Å². The van der Waals surface area contributed by atoms with Crippen molar-refractivity contribution >= 4 is 38.8 Å². The average Bonchev–Trinajstić information content (AvgIpc) is 2.78. The molecule has 0 aromatic heterocycles. The smallest absolute Gasteiger partial charge is 0.105 e. The van der Waals surface area contributed by atoms with Gasteiger partial charge < -0.3 is 15.8 Å². The van der Waals surface area contributed by atoms with Gasteiger partial charge >= 0.3 is 0 Å². The van der Waals surface area contributed by atoms with Gasteiger partial charge in [-0.25, -0.2) is 0 Å². The molecule has 1 aliphatic rings. The minimum atomic E-state index is 0.410. The molecule has 1 aliphatic heterocycles. The van der Waals surface area contributed by atoms with Gasteiger partial charge in [0.15, 0.2) is 0 Å². The van der Waals surface area contributed by atoms with Gasteiger partial charge in [-0.1, -0.05) is 12.2 Å². The lowest BCUT2D eigenvalue weighted by molar-refractivity contribution is 0.187. The molecule has 1 aromatic rings. The first-order valence-corrected chi connectivity index (χ1v) is 6.78. The van der Waals surface area contributed by atoms with E-state index in [-0.39, 0.29) is 0 Å². The number of rotatable bonds is 4. The van der Waals surface area contributed by atoms with Crippen LogP contribution in [0.4, 0.5) is 5.69 Å². The Labute approximate surface area is 115 Å². The van der Waals surface area contributed by atoms with Gasteiger partial charge in [0, 0.05) is 34.8 Å². The summed E-state index contributed by atoms with van der Waals surface area (Å²) in [7, 11) is 0.